The van der Waals surface area contributed by atoms with Gasteiger partial charge in [-0.25, -0.2) is 0 Å². The van der Waals surface area contributed by atoms with Crippen molar-refractivity contribution in [3.05, 3.63) is 62.0 Å². The molecule has 0 aliphatic heterocycles. The van der Waals surface area contributed by atoms with E-state index in [0.29, 0.717) is 0 Å². The topological polar surface area (TPSA) is 35.2 Å². The highest BCUT2D eigenvalue weighted by Gasteiger charge is 2.14. The zero-order chi connectivity index (χ0) is 14.7. The number of halogens is 2. The predicted octanol–water partition coefficient (Wildman–Crippen LogP) is 4.77. The number of benzene rings is 2. The van der Waals surface area contributed by atoms with Gasteiger partial charge in [-0.3, -0.25) is 0 Å². The zero-order valence-corrected chi connectivity index (χ0v) is 14.7. The molecule has 2 aromatic rings. The van der Waals surface area contributed by atoms with Crippen molar-refractivity contribution in [2.75, 3.05) is 7.11 Å². The average Bonchev–Trinajstić information content (AvgIpc) is 2.43. The lowest BCUT2D eigenvalue weighted by molar-refractivity contribution is 0.405. The van der Waals surface area contributed by atoms with Crippen molar-refractivity contribution >= 4 is 31.9 Å². The van der Waals surface area contributed by atoms with Crippen LogP contribution in [0.1, 0.15) is 22.7 Å². The number of rotatable bonds is 4. The summed E-state index contributed by atoms with van der Waals surface area (Å²) in [7, 11) is 1.68. The maximum atomic E-state index is 6.35. The lowest BCUT2D eigenvalue weighted by atomic mass is 9.98. The summed E-state index contributed by atoms with van der Waals surface area (Å²) in [4.78, 5) is 0. The summed E-state index contributed by atoms with van der Waals surface area (Å²) in [6, 6.07) is 12.2. The molecule has 1 unspecified atom stereocenters. The van der Waals surface area contributed by atoms with Crippen LogP contribution in [-0.4, -0.2) is 7.11 Å². The van der Waals surface area contributed by atoms with E-state index in [9.17, 15) is 0 Å². The van der Waals surface area contributed by atoms with Crippen molar-refractivity contribution in [1.29, 1.82) is 0 Å². The molecule has 2 rings (SSSR count). The van der Waals surface area contributed by atoms with Gasteiger partial charge >= 0.3 is 0 Å². The molecule has 0 aliphatic carbocycles. The van der Waals surface area contributed by atoms with Crippen LogP contribution < -0.4 is 10.5 Å². The van der Waals surface area contributed by atoms with Crippen molar-refractivity contribution in [1.82, 2.24) is 0 Å². The summed E-state index contributed by atoms with van der Waals surface area (Å²) in [5, 5.41) is 0. The van der Waals surface area contributed by atoms with Gasteiger partial charge in [0.25, 0.3) is 0 Å². The third-order valence-electron chi connectivity index (χ3n) is 3.28. The second-order valence-electron chi connectivity index (χ2n) is 4.78. The van der Waals surface area contributed by atoms with Gasteiger partial charge in [0.2, 0.25) is 0 Å². The second kappa shape index (κ2) is 6.74. The van der Waals surface area contributed by atoms with Crippen molar-refractivity contribution in [2.24, 2.45) is 5.73 Å². The lowest BCUT2D eigenvalue weighted by Gasteiger charge is -2.17. The summed E-state index contributed by atoms with van der Waals surface area (Å²) in [6.07, 6.45) is 0.777. The average molecular weight is 399 g/mol. The summed E-state index contributed by atoms with van der Waals surface area (Å²) in [5.41, 5.74) is 9.72. The largest absolute Gasteiger partial charge is 0.496 e. The fourth-order valence-electron chi connectivity index (χ4n) is 2.12. The van der Waals surface area contributed by atoms with Crippen LogP contribution in [0.2, 0.25) is 0 Å². The molecule has 0 aliphatic rings. The third-order valence-corrected chi connectivity index (χ3v) is 4.66. The van der Waals surface area contributed by atoms with E-state index in [0.717, 1.165) is 32.2 Å². The number of hydrogen-bond acceptors (Lipinski definition) is 2. The Morgan fingerprint density at radius 2 is 1.80 bits per heavy atom. The first-order chi connectivity index (χ1) is 9.51. The van der Waals surface area contributed by atoms with Crippen LogP contribution in [-0.2, 0) is 6.42 Å². The first kappa shape index (κ1) is 15.5. The minimum atomic E-state index is -0.0944. The van der Waals surface area contributed by atoms with Crippen LogP contribution in [0.15, 0.2) is 45.3 Å². The van der Waals surface area contributed by atoms with E-state index in [1.165, 1.54) is 5.56 Å². The highest BCUT2D eigenvalue weighted by molar-refractivity contribution is 9.10. The van der Waals surface area contributed by atoms with E-state index < -0.39 is 0 Å². The molecule has 2 aromatic carbocycles. The highest BCUT2D eigenvalue weighted by Crippen LogP contribution is 2.31. The molecule has 0 saturated heterocycles. The summed E-state index contributed by atoms with van der Waals surface area (Å²) < 4.78 is 7.58. The van der Waals surface area contributed by atoms with Crippen LogP contribution in [0.3, 0.4) is 0 Å². The van der Waals surface area contributed by atoms with E-state index in [-0.39, 0.29) is 6.04 Å². The molecule has 4 heteroatoms. The number of nitrogens with two attached hydrogens (primary N) is 1. The molecule has 20 heavy (non-hydrogen) atoms. The quantitative estimate of drug-likeness (QED) is 0.804. The van der Waals surface area contributed by atoms with Gasteiger partial charge in [-0.05, 0) is 48.7 Å². The molecule has 0 heterocycles. The first-order valence-electron chi connectivity index (χ1n) is 6.35. The van der Waals surface area contributed by atoms with Gasteiger partial charge in [0.1, 0.15) is 5.75 Å². The molecule has 2 nitrogen and oxygen atoms in total. The number of hydrogen-bond donors (Lipinski definition) is 1. The Balaban J connectivity index is 2.26. The molecule has 1 atom stereocenters. The third kappa shape index (κ3) is 3.62. The van der Waals surface area contributed by atoms with Crippen molar-refractivity contribution in [2.45, 2.75) is 19.4 Å². The Morgan fingerprint density at radius 3 is 2.40 bits per heavy atom. The van der Waals surface area contributed by atoms with Gasteiger partial charge in [-0.15, -0.1) is 0 Å². The fourth-order valence-corrected chi connectivity index (χ4v) is 2.75. The monoisotopic (exact) mass is 397 g/mol. The second-order valence-corrected chi connectivity index (χ2v) is 6.55. The van der Waals surface area contributed by atoms with E-state index in [1.54, 1.807) is 7.11 Å². The molecule has 0 radical (unpaired) electrons. The Labute approximate surface area is 136 Å². The SMILES string of the molecule is COc1cc(C)c(Br)cc1C(N)Cc1ccc(Br)cc1. The molecule has 106 valence electrons. The summed E-state index contributed by atoms with van der Waals surface area (Å²) >= 11 is 6.99. The molecule has 0 amide bonds. The fraction of sp³-hybridized carbons (Fsp3) is 0.250. The standard InChI is InChI=1S/C16H17Br2NO/c1-10-7-16(20-2)13(9-14(10)18)15(19)8-11-3-5-12(17)6-4-11/h3-7,9,15H,8,19H2,1-2H3. The van der Waals surface area contributed by atoms with E-state index in [2.05, 4.69) is 50.1 Å². The van der Waals surface area contributed by atoms with E-state index in [1.807, 2.05) is 25.1 Å². The van der Waals surface area contributed by atoms with Gasteiger partial charge in [-0.1, -0.05) is 44.0 Å². The van der Waals surface area contributed by atoms with E-state index in [4.69, 9.17) is 10.5 Å². The predicted molar refractivity (Wildman–Crippen MR) is 90.2 cm³/mol. The first-order valence-corrected chi connectivity index (χ1v) is 7.94. The van der Waals surface area contributed by atoms with Gasteiger partial charge in [0.05, 0.1) is 7.11 Å². The Morgan fingerprint density at radius 1 is 1.15 bits per heavy atom. The Kier molecular flexibility index (Phi) is 5.24. The zero-order valence-electron chi connectivity index (χ0n) is 11.5. The molecule has 0 fully saturated rings. The van der Waals surface area contributed by atoms with Gasteiger partial charge in [0, 0.05) is 20.6 Å². The Hall–Kier alpha value is -0.840. The lowest BCUT2D eigenvalue weighted by Crippen LogP contribution is -2.14. The highest BCUT2D eigenvalue weighted by atomic mass is 79.9. The number of aryl methyl sites for hydroxylation is 1. The molecule has 0 aromatic heterocycles. The van der Waals surface area contributed by atoms with Crippen molar-refractivity contribution in [3.8, 4) is 5.75 Å². The number of ether oxygens (including phenoxy) is 1. The normalized spacial score (nSPS) is 12.2. The van der Waals surface area contributed by atoms with Crippen LogP contribution >= 0.6 is 31.9 Å². The van der Waals surface area contributed by atoms with Crippen molar-refractivity contribution < 1.29 is 4.74 Å². The minimum Gasteiger partial charge on any atom is -0.496 e. The number of methoxy groups -OCH3 is 1. The van der Waals surface area contributed by atoms with Gasteiger partial charge in [-0.2, -0.15) is 0 Å². The molecule has 0 saturated carbocycles. The summed E-state index contributed by atoms with van der Waals surface area (Å²) in [5.74, 6) is 0.843. The molecule has 2 N–H and O–H groups in total. The van der Waals surface area contributed by atoms with Crippen molar-refractivity contribution in [3.63, 3.8) is 0 Å². The van der Waals surface area contributed by atoms with Crippen LogP contribution in [0, 0.1) is 6.92 Å². The maximum Gasteiger partial charge on any atom is 0.123 e. The van der Waals surface area contributed by atoms with Gasteiger partial charge in [0.15, 0.2) is 0 Å². The van der Waals surface area contributed by atoms with Crippen LogP contribution in [0.5, 0.6) is 5.75 Å². The molecular formula is C16H17Br2NO. The Bertz CT molecular complexity index is 596. The summed E-state index contributed by atoms with van der Waals surface area (Å²) in [6.45, 7) is 2.04. The maximum absolute atomic E-state index is 6.35. The van der Waals surface area contributed by atoms with E-state index >= 15 is 0 Å². The van der Waals surface area contributed by atoms with Crippen LogP contribution in [0.25, 0.3) is 0 Å². The van der Waals surface area contributed by atoms with Gasteiger partial charge < -0.3 is 10.5 Å². The minimum absolute atomic E-state index is 0.0944. The van der Waals surface area contributed by atoms with Crippen LogP contribution in [0.4, 0.5) is 0 Å². The smallest absolute Gasteiger partial charge is 0.123 e. The molecule has 0 spiro atoms. The molecular weight excluding hydrogens is 382 g/mol. The molecule has 0 bridgehead atoms.